The number of hydrogen-bond acceptors (Lipinski definition) is 2. The Kier molecular flexibility index (Phi) is 6.12. The maximum Gasteiger partial charge on any atom is 0.335 e. The molecule has 2 aromatic rings. The summed E-state index contributed by atoms with van der Waals surface area (Å²) in [6.07, 6.45) is 5.87. The van der Waals surface area contributed by atoms with Gasteiger partial charge in [0.05, 0.1) is 5.56 Å². The van der Waals surface area contributed by atoms with Crippen LogP contribution in [-0.4, -0.2) is 24.7 Å². The second-order valence-electron chi connectivity index (χ2n) is 8.81. The van der Waals surface area contributed by atoms with Crippen LogP contribution in [-0.2, 0) is 5.41 Å². The van der Waals surface area contributed by atoms with E-state index >= 15 is 0 Å². The van der Waals surface area contributed by atoms with Crippen molar-refractivity contribution in [2.75, 3.05) is 18.5 Å². The van der Waals surface area contributed by atoms with Crippen molar-refractivity contribution in [1.82, 2.24) is 0 Å². The van der Waals surface area contributed by atoms with Crippen molar-refractivity contribution in [2.45, 2.75) is 64.2 Å². The van der Waals surface area contributed by atoms with E-state index in [0.29, 0.717) is 11.5 Å². The number of unbranched alkanes of at least 4 members (excludes halogenated alkanes) is 2. The maximum atomic E-state index is 11.2. The van der Waals surface area contributed by atoms with Crippen molar-refractivity contribution in [3.8, 4) is 0 Å². The fourth-order valence-electron chi connectivity index (χ4n) is 4.34. The van der Waals surface area contributed by atoms with Crippen molar-refractivity contribution in [2.24, 2.45) is 0 Å². The van der Waals surface area contributed by atoms with E-state index in [4.69, 9.17) is 0 Å². The Bertz CT molecular complexity index is 823. The molecule has 3 nitrogen and oxygen atoms in total. The summed E-state index contributed by atoms with van der Waals surface area (Å²) in [6.45, 7) is 7.98. The number of benzene rings is 2. The van der Waals surface area contributed by atoms with Gasteiger partial charge in [-0.25, -0.2) is 4.79 Å². The Morgan fingerprint density at radius 2 is 1.79 bits per heavy atom. The highest BCUT2D eigenvalue weighted by molar-refractivity contribution is 5.87. The van der Waals surface area contributed by atoms with Gasteiger partial charge in [-0.1, -0.05) is 64.3 Å². The Hall–Kier alpha value is -2.29. The number of carboxylic acid groups (broad SMARTS) is 1. The van der Waals surface area contributed by atoms with Crippen molar-refractivity contribution in [1.29, 1.82) is 0 Å². The van der Waals surface area contributed by atoms with Crippen LogP contribution in [0.5, 0.6) is 0 Å². The molecular weight excluding hydrogens is 346 g/mol. The first kappa shape index (κ1) is 20.4. The van der Waals surface area contributed by atoms with E-state index < -0.39 is 5.97 Å². The second kappa shape index (κ2) is 8.38. The largest absolute Gasteiger partial charge is 0.478 e. The maximum absolute atomic E-state index is 11.2. The van der Waals surface area contributed by atoms with E-state index in [1.807, 2.05) is 12.1 Å². The van der Waals surface area contributed by atoms with Gasteiger partial charge in [0.1, 0.15) is 0 Å². The summed E-state index contributed by atoms with van der Waals surface area (Å²) in [4.78, 5) is 13.6. The van der Waals surface area contributed by atoms with E-state index in [1.165, 1.54) is 48.1 Å². The summed E-state index contributed by atoms with van der Waals surface area (Å²) in [5.74, 6) is -0.565. The molecule has 1 N–H and O–H groups in total. The van der Waals surface area contributed by atoms with Gasteiger partial charge in [-0.3, -0.25) is 0 Å². The van der Waals surface area contributed by atoms with Gasteiger partial charge in [0.2, 0.25) is 0 Å². The summed E-state index contributed by atoms with van der Waals surface area (Å²) in [7, 11) is 2.19. The zero-order valence-corrected chi connectivity index (χ0v) is 17.7. The number of anilines is 1. The van der Waals surface area contributed by atoms with Gasteiger partial charge < -0.3 is 10.0 Å². The van der Waals surface area contributed by atoms with Gasteiger partial charge in [0.15, 0.2) is 0 Å². The lowest BCUT2D eigenvalue weighted by Crippen LogP contribution is -2.34. The van der Waals surface area contributed by atoms with Gasteiger partial charge in [0.25, 0.3) is 0 Å². The van der Waals surface area contributed by atoms with Gasteiger partial charge >= 0.3 is 5.97 Å². The molecule has 1 unspecified atom stereocenters. The van der Waals surface area contributed by atoms with Crippen LogP contribution in [0.2, 0.25) is 0 Å². The predicted octanol–water partition coefficient (Wildman–Crippen LogP) is 6.21. The lowest BCUT2D eigenvalue weighted by atomic mass is 9.76. The molecule has 0 amide bonds. The van der Waals surface area contributed by atoms with Crippen molar-refractivity contribution in [3.63, 3.8) is 0 Å². The van der Waals surface area contributed by atoms with E-state index in [1.54, 1.807) is 12.1 Å². The number of nitrogens with zero attached hydrogens (tertiary/aromatic N) is 1. The van der Waals surface area contributed by atoms with Gasteiger partial charge in [-0.05, 0) is 53.1 Å². The molecular formula is C25H33NO2. The molecule has 28 heavy (non-hydrogen) atoms. The number of rotatable bonds is 7. The predicted molar refractivity (Wildman–Crippen MR) is 117 cm³/mol. The summed E-state index contributed by atoms with van der Waals surface area (Å²) < 4.78 is 0. The Morgan fingerprint density at radius 1 is 1.11 bits per heavy atom. The molecule has 2 aromatic carbocycles. The number of fused-ring (bicyclic) bond motifs is 1. The molecule has 0 radical (unpaired) electrons. The first-order valence-electron chi connectivity index (χ1n) is 10.5. The number of hydrogen-bond donors (Lipinski definition) is 1. The third-order valence-electron chi connectivity index (χ3n) is 6.29. The smallest absolute Gasteiger partial charge is 0.335 e. The molecule has 1 atom stereocenters. The van der Waals surface area contributed by atoms with Gasteiger partial charge in [-0.15, -0.1) is 0 Å². The third-order valence-corrected chi connectivity index (χ3v) is 6.29. The first-order valence-corrected chi connectivity index (χ1v) is 10.5. The molecule has 0 fully saturated rings. The standard InChI is InChI=1S/C25H33NO2/c1-5-6-7-8-21(18-9-11-19(12-10-18)24(27)28)20-13-14-22-23(17-20)26(4)16-15-25(22,2)3/h9-14,17,21H,5-8,15-16H2,1-4H3,(H,27,28). The molecule has 3 rings (SSSR count). The molecule has 0 saturated carbocycles. The molecule has 150 valence electrons. The van der Waals surface area contributed by atoms with Gasteiger partial charge in [-0.2, -0.15) is 0 Å². The second-order valence-corrected chi connectivity index (χ2v) is 8.81. The van der Waals surface area contributed by atoms with Crippen molar-refractivity contribution in [3.05, 3.63) is 64.7 Å². The fraction of sp³-hybridized carbons (Fsp3) is 0.480. The van der Waals surface area contributed by atoms with Crippen LogP contribution in [0, 0.1) is 0 Å². The molecule has 0 spiro atoms. The zero-order chi connectivity index (χ0) is 20.3. The van der Waals surface area contributed by atoms with E-state index in [9.17, 15) is 9.90 Å². The minimum atomic E-state index is -0.869. The highest BCUT2D eigenvalue weighted by Crippen LogP contribution is 2.41. The highest BCUT2D eigenvalue weighted by Gasteiger charge is 2.30. The number of carbonyl (C=O) groups is 1. The lowest BCUT2D eigenvalue weighted by Gasteiger charge is -2.39. The van der Waals surface area contributed by atoms with Gasteiger partial charge in [0, 0.05) is 25.2 Å². The van der Waals surface area contributed by atoms with E-state index in [-0.39, 0.29) is 5.41 Å². The van der Waals surface area contributed by atoms with Crippen LogP contribution in [0.15, 0.2) is 42.5 Å². The molecule has 1 heterocycles. The van der Waals surface area contributed by atoms with E-state index in [2.05, 4.69) is 50.9 Å². The normalized spacial score (nSPS) is 16.5. The minimum absolute atomic E-state index is 0.210. The van der Waals surface area contributed by atoms with Crippen LogP contribution < -0.4 is 4.90 Å². The first-order chi connectivity index (χ1) is 13.3. The van der Waals surface area contributed by atoms with E-state index in [0.717, 1.165) is 13.0 Å². The summed E-state index contributed by atoms with van der Waals surface area (Å²) in [5, 5.41) is 9.21. The van der Waals surface area contributed by atoms with Crippen LogP contribution >= 0.6 is 0 Å². The highest BCUT2D eigenvalue weighted by atomic mass is 16.4. The summed E-state index contributed by atoms with van der Waals surface area (Å²) in [6, 6.07) is 14.4. The minimum Gasteiger partial charge on any atom is -0.478 e. The van der Waals surface area contributed by atoms with Crippen LogP contribution in [0.4, 0.5) is 5.69 Å². The molecule has 0 saturated heterocycles. The quantitative estimate of drug-likeness (QED) is 0.581. The molecule has 0 aliphatic carbocycles. The lowest BCUT2D eigenvalue weighted by molar-refractivity contribution is 0.0697. The molecule has 3 heteroatoms. The third kappa shape index (κ3) is 4.24. The number of carboxylic acids is 1. The molecule has 0 bridgehead atoms. The average Bonchev–Trinajstić information content (AvgIpc) is 2.68. The zero-order valence-electron chi connectivity index (χ0n) is 17.7. The Balaban J connectivity index is 1.98. The van der Waals surface area contributed by atoms with Crippen LogP contribution in [0.3, 0.4) is 0 Å². The summed E-state index contributed by atoms with van der Waals surface area (Å²) >= 11 is 0. The fourth-order valence-corrected chi connectivity index (χ4v) is 4.34. The molecule has 0 aromatic heterocycles. The van der Waals surface area contributed by atoms with Crippen LogP contribution in [0.25, 0.3) is 0 Å². The van der Waals surface area contributed by atoms with Crippen LogP contribution in [0.1, 0.15) is 85.8 Å². The van der Waals surface area contributed by atoms with Crippen molar-refractivity contribution >= 4 is 11.7 Å². The topological polar surface area (TPSA) is 40.5 Å². The van der Waals surface area contributed by atoms with Crippen molar-refractivity contribution < 1.29 is 9.90 Å². The Morgan fingerprint density at radius 3 is 2.43 bits per heavy atom. The summed E-state index contributed by atoms with van der Waals surface area (Å²) in [5.41, 5.74) is 5.88. The molecule has 1 aliphatic heterocycles. The SMILES string of the molecule is CCCCCC(c1ccc(C(=O)O)cc1)c1ccc2c(c1)N(C)CCC2(C)C. The number of aromatic carboxylic acids is 1. The monoisotopic (exact) mass is 379 g/mol. The average molecular weight is 380 g/mol. The Labute approximate surface area is 169 Å². The molecule has 1 aliphatic rings.